The Hall–Kier alpha value is -3.71. The molecule has 7 nitrogen and oxygen atoms in total. The summed E-state index contributed by atoms with van der Waals surface area (Å²) in [5.74, 6) is -0.502. The molecule has 0 unspecified atom stereocenters. The molecule has 2 N–H and O–H groups in total. The third-order valence-corrected chi connectivity index (χ3v) is 6.47. The van der Waals surface area contributed by atoms with E-state index in [2.05, 4.69) is 14.9 Å². The van der Waals surface area contributed by atoms with Crippen LogP contribution in [0.25, 0.3) is 22.4 Å². The van der Waals surface area contributed by atoms with Crippen LogP contribution in [0.4, 0.5) is 5.69 Å². The predicted molar refractivity (Wildman–Crippen MR) is 131 cm³/mol. The summed E-state index contributed by atoms with van der Waals surface area (Å²) in [7, 11) is 0. The van der Waals surface area contributed by atoms with Gasteiger partial charge in [-0.15, -0.1) is 0 Å². The molecule has 2 heterocycles. The minimum absolute atomic E-state index is 0.206. The van der Waals surface area contributed by atoms with Crippen LogP contribution >= 0.6 is 11.6 Å². The number of anilines is 1. The molecular weight excluding hydrogens is 452 g/mol. The van der Waals surface area contributed by atoms with E-state index in [-0.39, 0.29) is 17.5 Å². The highest BCUT2D eigenvalue weighted by atomic mass is 35.5. The number of aromatic nitrogens is 3. The van der Waals surface area contributed by atoms with Crippen LogP contribution in [0.3, 0.4) is 0 Å². The Morgan fingerprint density at radius 1 is 1.00 bits per heavy atom. The Labute approximate surface area is 201 Å². The van der Waals surface area contributed by atoms with Crippen molar-refractivity contribution in [2.75, 3.05) is 5.32 Å². The number of aromatic carboxylic acids is 1. The van der Waals surface area contributed by atoms with Crippen molar-refractivity contribution in [2.24, 2.45) is 0 Å². The molecular formula is C26H23ClN4O3. The maximum absolute atomic E-state index is 12.9. The summed E-state index contributed by atoms with van der Waals surface area (Å²) >= 11 is 5.83. The number of hydrogen-bond acceptors (Lipinski definition) is 4. The molecule has 2 aromatic heterocycles. The normalized spacial score (nSPS) is 14.3. The molecule has 0 aliphatic heterocycles. The van der Waals surface area contributed by atoms with Crippen molar-refractivity contribution in [2.45, 2.75) is 38.1 Å². The number of carboxylic acids is 1. The maximum atomic E-state index is 12.9. The number of halogens is 1. The highest BCUT2D eigenvalue weighted by Gasteiger charge is 2.23. The molecule has 2 aromatic carbocycles. The first kappa shape index (κ1) is 22.1. The summed E-state index contributed by atoms with van der Waals surface area (Å²) in [5, 5.41) is 12.6. The summed E-state index contributed by atoms with van der Waals surface area (Å²) < 4.78 is 2.22. The molecule has 4 aromatic rings. The molecule has 0 saturated heterocycles. The fourth-order valence-electron chi connectivity index (χ4n) is 4.60. The van der Waals surface area contributed by atoms with Gasteiger partial charge in [0.2, 0.25) is 0 Å². The second-order valence-corrected chi connectivity index (χ2v) is 8.90. The third kappa shape index (κ3) is 4.39. The lowest BCUT2D eigenvalue weighted by atomic mass is 9.94. The SMILES string of the molecule is O=C(O)c1ccc2c(c1)nc(-c1cccc(C(=O)Nc3ccc(Cl)nc3)c1)n2C1CCCCC1. The number of fused-ring (bicyclic) bond motifs is 1. The Balaban J connectivity index is 1.55. The maximum Gasteiger partial charge on any atom is 0.335 e. The first-order valence-electron chi connectivity index (χ1n) is 11.3. The number of nitrogens with one attached hydrogen (secondary N) is 1. The summed E-state index contributed by atoms with van der Waals surface area (Å²) in [6, 6.07) is 16.0. The van der Waals surface area contributed by atoms with Crippen LogP contribution in [-0.4, -0.2) is 31.5 Å². The van der Waals surface area contributed by atoms with E-state index in [1.54, 1.807) is 30.3 Å². The van der Waals surface area contributed by atoms with Crippen LogP contribution in [-0.2, 0) is 0 Å². The fourth-order valence-corrected chi connectivity index (χ4v) is 4.71. The zero-order chi connectivity index (χ0) is 23.7. The minimum atomic E-state index is -0.981. The molecule has 1 aliphatic carbocycles. The summed E-state index contributed by atoms with van der Waals surface area (Å²) in [5.41, 5.74) is 3.60. The first-order valence-corrected chi connectivity index (χ1v) is 11.7. The van der Waals surface area contributed by atoms with Crippen molar-refractivity contribution in [3.8, 4) is 11.4 Å². The van der Waals surface area contributed by atoms with E-state index < -0.39 is 5.97 Å². The number of carbonyl (C=O) groups excluding carboxylic acids is 1. The number of hydrogen-bond donors (Lipinski definition) is 2. The van der Waals surface area contributed by atoms with E-state index in [0.29, 0.717) is 21.9 Å². The fraction of sp³-hybridized carbons (Fsp3) is 0.231. The van der Waals surface area contributed by atoms with Gasteiger partial charge in [-0.05, 0) is 55.3 Å². The van der Waals surface area contributed by atoms with Gasteiger partial charge >= 0.3 is 5.97 Å². The van der Waals surface area contributed by atoms with Gasteiger partial charge in [-0.3, -0.25) is 4.79 Å². The molecule has 0 spiro atoms. The number of carboxylic acid groups (broad SMARTS) is 1. The summed E-state index contributed by atoms with van der Waals surface area (Å²) in [4.78, 5) is 33.2. The molecule has 0 radical (unpaired) electrons. The average molecular weight is 475 g/mol. The van der Waals surface area contributed by atoms with Gasteiger partial charge in [-0.25, -0.2) is 14.8 Å². The van der Waals surface area contributed by atoms with E-state index >= 15 is 0 Å². The van der Waals surface area contributed by atoms with Gasteiger partial charge in [0.25, 0.3) is 5.91 Å². The molecule has 1 aliphatic rings. The Morgan fingerprint density at radius 3 is 2.56 bits per heavy atom. The number of pyridine rings is 1. The topological polar surface area (TPSA) is 97.1 Å². The molecule has 0 bridgehead atoms. The number of carbonyl (C=O) groups is 2. The van der Waals surface area contributed by atoms with E-state index in [0.717, 1.165) is 42.6 Å². The van der Waals surface area contributed by atoms with Gasteiger partial charge in [0.05, 0.1) is 28.5 Å². The van der Waals surface area contributed by atoms with Crippen LogP contribution in [0, 0.1) is 0 Å². The van der Waals surface area contributed by atoms with Crippen molar-refractivity contribution in [1.82, 2.24) is 14.5 Å². The molecule has 1 amide bonds. The van der Waals surface area contributed by atoms with Crippen molar-refractivity contribution < 1.29 is 14.7 Å². The van der Waals surface area contributed by atoms with E-state index in [9.17, 15) is 14.7 Å². The molecule has 5 rings (SSSR count). The summed E-state index contributed by atoms with van der Waals surface area (Å²) in [6.45, 7) is 0. The monoisotopic (exact) mass is 474 g/mol. The lowest BCUT2D eigenvalue weighted by Crippen LogP contribution is -2.15. The van der Waals surface area contributed by atoms with Crippen molar-refractivity contribution in [3.05, 3.63) is 77.1 Å². The molecule has 8 heteroatoms. The van der Waals surface area contributed by atoms with Crippen LogP contribution in [0.2, 0.25) is 5.15 Å². The van der Waals surface area contributed by atoms with Gasteiger partial charge in [-0.2, -0.15) is 0 Å². The van der Waals surface area contributed by atoms with Gasteiger partial charge in [0.15, 0.2) is 0 Å². The second-order valence-electron chi connectivity index (χ2n) is 8.51. The van der Waals surface area contributed by atoms with Crippen LogP contribution in [0.1, 0.15) is 58.9 Å². The molecule has 34 heavy (non-hydrogen) atoms. The Kier molecular flexibility index (Phi) is 6.02. The van der Waals surface area contributed by atoms with Crippen LogP contribution < -0.4 is 5.32 Å². The smallest absolute Gasteiger partial charge is 0.335 e. The molecule has 0 atom stereocenters. The van der Waals surface area contributed by atoms with Crippen LogP contribution in [0.15, 0.2) is 60.8 Å². The van der Waals surface area contributed by atoms with E-state index in [4.69, 9.17) is 16.6 Å². The van der Waals surface area contributed by atoms with E-state index in [1.165, 1.54) is 12.6 Å². The highest BCUT2D eigenvalue weighted by Crippen LogP contribution is 2.36. The number of imidazole rings is 1. The summed E-state index contributed by atoms with van der Waals surface area (Å²) in [6.07, 6.45) is 7.11. The standard InChI is InChI=1S/C26H23ClN4O3/c27-23-12-10-19(15-28-23)29-25(32)17-6-4-5-16(13-17)24-30-21-14-18(26(33)34)9-11-22(21)31(24)20-7-2-1-3-8-20/h4-6,9-15,20H,1-3,7-8H2,(H,29,32)(H,33,34). The quantitative estimate of drug-likeness (QED) is 0.335. The third-order valence-electron chi connectivity index (χ3n) is 6.24. The molecule has 172 valence electrons. The van der Waals surface area contributed by atoms with Crippen molar-refractivity contribution in [1.29, 1.82) is 0 Å². The number of benzene rings is 2. The van der Waals surface area contributed by atoms with Gasteiger partial charge in [-0.1, -0.05) is 43.0 Å². The number of rotatable bonds is 5. The lowest BCUT2D eigenvalue weighted by Gasteiger charge is -2.25. The second kappa shape index (κ2) is 9.27. The first-order chi connectivity index (χ1) is 16.5. The van der Waals surface area contributed by atoms with Gasteiger partial charge in [0.1, 0.15) is 11.0 Å². The zero-order valence-electron chi connectivity index (χ0n) is 18.4. The number of amides is 1. The Bertz CT molecular complexity index is 1370. The van der Waals surface area contributed by atoms with Gasteiger partial charge < -0.3 is 15.0 Å². The van der Waals surface area contributed by atoms with Crippen molar-refractivity contribution >= 4 is 40.2 Å². The van der Waals surface area contributed by atoms with Crippen LogP contribution in [0.5, 0.6) is 0 Å². The highest BCUT2D eigenvalue weighted by molar-refractivity contribution is 6.29. The van der Waals surface area contributed by atoms with Crippen molar-refractivity contribution in [3.63, 3.8) is 0 Å². The van der Waals surface area contributed by atoms with E-state index in [1.807, 2.05) is 24.3 Å². The largest absolute Gasteiger partial charge is 0.478 e. The number of nitrogens with zero attached hydrogens (tertiary/aromatic N) is 3. The molecule has 1 fully saturated rings. The lowest BCUT2D eigenvalue weighted by molar-refractivity contribution is 0.0696. The average Bonchev–Trinajstić information content (AvgIpc) is 3.25. The van der Waals surface area contributed by atoms with Gasteiger partial charge in [0, 0.05) is 17.2 Å². The minimum Gasteiger partial charge on any atom is -0.478 e. The zero-order valence-corrected chi connectivity index (χ0v) is 19.1. The Morgan fingerprint density at radius 2 is 1.82 bits per heavy atom. The molecule has 1 saturated carbocycles. The predicted octanol–water partition coefficient (Wildman–Crippen LogP) is 6.21.